The summed E-state index contributed by atoms with van der Waals surface area (Å²) in [5.41, 5.74) is 0.911. The number of halogens is 1. The highest BCUT2D eigenvalue weighted by atomic mass is 19.1. The van der Waals surface area contributed by atoms with E-state index in [1.165, 1.54) is 12.1 Å². The lowest BCUT2D eigenvalue weighted by atomic mass is 9.87. The van der Waals surface area contributed by atoms with Crippen LogP contribution in [-0.4, -0.2) is 41.7 Å². The van der Waals surface area contributed by atoms with Gasteiger partial charge in [0.05, 0.1) is 19.1 Å². The molecule has 1 heterocycles. The van der Waals surface area contributed by atoms with Crippen molar-refractivity contribution in [3.05, 3.63) is 66.0 Å². The Hall–Kier alpha value is -2.40. The Balaban J connectivity index is 1.48. The third kappa shape index (κ3) is 4.57. The van der Waals surface area contributed by atoms with Crippen LogP contribution in [0.1, 0.15) is 24.3 Å². The Bertz CT molecular complexity index is 690. The molecule has 1 N–H and O–H groups in total. The molecule has 2 atom stereocenters. The molecule has 25 heavy (non-hydrogen) atoms. The molecule has 1 fully saturated rings. The highest BCUT2D eigenvalue weighted by Crippen LogP contribution is 2.28. The number of rotatable bonds is 5. The average molecular weight is 343 g/mol. The normalized spacial score (nSPS) is 20.3. The van der Waals surface area contributed by atoms with Gasteiger partial charge in [0.1, 0.15) is 11.6 Å². The summed E-state index contributed by atoms with van der Waals surface area (Å²) in [5, 5.41) is 10.4. The van der Waals surface area contributed by atoms with Gasteiger partial charge < -0.3 is 14.7 Å². The predicted octanol–water partition coefficient (Wildman–Crippen LogP) is 2.97. The van der Waals surface area contributed by atoms with Crippen LogP contribution in [0.15, 0.2) is 54.6 Å². The predicted molar refractivity (Wildman–Crippen MR) is 92.9 cm³/mol. The summed E-state index contributed by atoms with van der Waals surface area (Å²) in [6.45, 7) is 1.20. The molecule has 2 aromatic carbocycles. The van der Waals surface area contributed by atoms with E-state index in [2.05, 4.69) is 0 Å². The summed E-state index contributed by atoms with van der Waals surface area (Å²) in [7, 11) is 0. The fourth-order valence-electron chi connectivity index (χ4n) is 3.19. The van der Waals surface area contributed by atoms with Crippen LogP contribution in [0.5, 0.6) is 5.75 Å². The first-order valence-corrected chi connectivity index (χ1v) is 8.52. The standard InChI is InChI=1S/C20H22FNO3/c21-16-8-6-15(7-9-16)18-10-12-22(14-19(18)23)20(24)11-13-25-17-4-2-1-3-5-17/h1-9,18-19,23H,10-14H2/t18-,19+/m0/s1. The van der Waals surface area contributed by atoms with Gasteiger partial charge in [-0.1, -0.05) is 30.3 Å². The number of hydrogen-bond acceptors (Lipinski definition) is 3. The molecule has 0 aromatic heterocycles. The van der Waals surface area contributed by atoms with Gasteiger partial charge in [-0.05, 0) is 36.2 Å². The van der Waals surface area contributed by atoms with Gasteiger partial charge in [-0.2, -0.15) is 0 Å². The van der Waals surface area contributed by atoms with Crippen LogP contribution in [0.4, 0.5) is 4.39 Å². The first kappa shape index (κ1) is 17.4. The van der Waals surface area contributed by atoms with Crippen molar-refractivity contribution in [2.45, 2.75) is 24.9 Å². The second-order valence-electron chi connectivity index (χ2n) is 6.27. The fourth-order valence-corrected chi connectivity index (χ4v) is 3.19. The summed E-state index contributed by atoms with van der Waals surface area (Å²) in [6, 6.07) is 15.6. The number of benzene rings is 2. The zero-order valence-electron chi connectivity index (χ0n) is 14.0. The van der Waals surface area contributed by atoms with Crippen LogP contribution in [-0.2, 0) is 4.79 Å². The van der Waals surface area contributed by atoms with Crippen LogP contribution in [0.2, 0.25) is 0 Å². The lowest BCUT2D eigenvalue weighted by Gasteiger charge is -2.36. The highest BCUT2D eigenvalue weighted by molar-refractivity contribution is 5.76. The van der Waals surface area contributed by atoms with E-state index in [1.54, 1.807) is 17.0 Å². The van der Waals surface area contributed by atoms with Gasteiger partial charge in [0.15, 0.2) is 0 Å². The van der Waals surface area contributed by atoms with Crippen molar-refractivity contribution in [2.75, 3.05) is 19.7 Å². The van der Waals surface area contributed by atoms with Crippen molar-refractivity contribution in [3.63, 3.8) is 0 Å². The Morgan fingerprint density at radius 2 is 1.88 bits per heavy atom. The minimum Gasteiger partial charge on any atom is -0.493 e. The molecule has 132 valence electrons. The zero-order valence-corrected chi connectivity index (χ0v) is 14.0. The molecule has 1 saturated heterocycles. The smallest absolute Gasteiger partial charge is 0.226 e. The lowest BCUT2D eigenvalue weighted by molar-refractivity contribution is -0.135. The fraction of sp³-hybridized carbons (Fsp3) is 0.350. The number of carbonyl (C=O) groups is 1. The molecule has 2 aromatic rings. The van der Waals surface area contributed by atoms with E-state index in [0.717, 1.165) is 11.3 Å². The van der Waals surface area contributed by atoms with Gasteiger partial charge >= 0.3 is 0 Å². The Morgan fingerprint density at radius 1 is 1.16 bits per heavy atom. The Labute approximate surface area is 146 Å². The third-order valence-electron chi connectivity index (χ3n) is 4.56. The van der Waals surface area contributed by atoms with E-state index in [0.29, 0.717) is 26.1 Å². The number of hydrogen-bond donors (Lipinski definition) is 1. The molecule has 0 spiro atoms. The Kier molecular flexibility index (Phi) is 5.66. The van der Waals surface area contributed by atoms with Crippen molar-refractivity contribution >= 4 is 5.91 Å². The molecule has 4 nitrogen and oxygen atoms in total. The number of piperidine rings is 1. The van der Waals surface area contributed by atoms with Gasteiger partial charge in [0, 0.05) is 19.0 Å². The van der Waals surface area contributed by atoms with E-state index in [1.807, 2.05) is 30.3 Å². The third-order valence-corrected chi connectivity index (χ3v) is 4.56. The van der Waals surface area contributed by atoms with Gasteiger partial charge in [-0.3, -0.25) is 4.79 Å². The number of carbonyl (C=O) groups excluding carboxylic acids is 1. The molecule has 1 aliphatic rings. The number of likely N-dealkylation sites (tertiary alicyclic amines) is 1. The van der Waals surface area contributed by atoms with Gasteiger partial charge in [0.2, 0.25) is 5.91 Å². The molecule has 1 amide bonds. The van der Waals surface area contributed by atoms with Crippen molar-refractivity contribution in [1.29, 1.82) is 0 Å². The number of β-amino-alcohol motifs (C(OH)–C–C–N with tert-alkyl or cyclic N) is 1. The first-order chi connectivity index (χ1) is 12.1. The molecule has 0 saturated carbocycles. The van der Waals surface area contributed by atoms with Crippen LogP contribution in [0, 0.1) is 5.82 Å². The van der Waals surface area contributed by atoms with Gasteiger partial charge in [-0.25, -0.2) is 4.39 Å². The van der Waals surface area contributed by atoms with Crippen LogP contribution < -0.4 is 4.74 Å². The topological polar surface area (TPSA) is 49.8 Å². The number of ether oxygens (including phenoxy) is 1. The molecular weight excluding hydrogens is 321 g/mol. The number of amides is 1. The summed E-state index contributed by atoms with van der Waals surface area (Å²) >= 11 is 0. The molecule has 0 bridgehead atoms. The number of aliphatic hydroxyl groups excluding tert-OH is 1. The first-order valence-electron chi connectivity index (χ1n) is 8.52. The van der Waals surface area contributed by atoms with Crippen molar-refractivity contribution in [3.8, 4) is 5.75 Å². The molecule has 0 aliphatic carbocycles. The zero-order chi connectivity index (χ0) is 17.6. The molecular formula is C20H22FNO3. The highest BCUT2D eigenvalue weighted by Gasteiger charge is 2.30. The molecule has 1 aliphatic heterocycles. The van der Waals surface area contributed by atoms with Crippen molar-refractivity contribution in [2.24, 2.45) is 0 Å². The van der Waals surface area contributed by atoms with E-state index < -0.39 is 6.10 Å². The minimum atomic E-state index is -0.641. The van der Waals surface area contributed by atoms with E-state index in [-0.39, 0.29) is 24.1 Å². The maximum Gasteiger partial charge on any atom is 0.226 e. The Morgan fingerprint density at radius 3 is 2.56 bits per heavy atom. The second kappa shape index (κ2) is 8.12. The summed E-state index contributed by atoms with van der Waals surface area (Å²) in [5.74, 6) is 0.368. The van der Waals surface area contributed by atoms with E-state index >= 15 is 0 Å². The van der Waals surface area contributed by atoms with Crippen molar-refractivity contribution in [1.82, 2.24) is 4.90 Å². The number of aliphatic hydroxyl groups is 1. The van der Waals surface area contributed by atoms with E-state index in [9.17, 15) is 14.3 Å². The second-order valence-corrected chi connectivity index (χ2v) is 6.27. The average Bonchev–Trinajstić information content (AvgIpc) is 2.63. The number of para-hydroxylation sites is 1. The van der Waals surface area contributed by atoms with Gasteiger partial charge in [0.25, 0.3) is 0 Å². The largest absolute Gasteiger partial charge is 0.493 e. The maximum atomic E-state index is 13.0. The lowest BCUT2D eigenvalue weighted by Crippen LogP contribution is -2.46. The summed E-state index contributed by atoms with van der Waals surface area (Å²) < 4.78 is 18.6. The van der Waals surface area contributed by atoms with Crippen LogP contribution >= 0.6 is 0 Å². The maximum absolute atomic E-state index is 13.0. The SMILES string of the molecule is O=C(CCOc1ccccc1)N1CC[C@@H](c2ccc(F)cc2)[C@H](O)C1. The summed E-state index contributed by atoms with van der Waals surface area (Å²) in [6.07, 6.45) is 0.305. The summed E-state index contributed by atoms with van der Waals surface area (Å²) in [4.78, 5) is 14.0. The van der Waals surface area contributed by atoms with Crippen LogP contribution in [0.25, 0.3) is 0 Å². The molecule has 0 unspecified atom stereocenters. The monoisotopic (exact) mass is 343 g/mol. The quantitative estimate of drug-likeness (QED) is 0.908. The van der Waals surface area contributed by atoms with Crippen LogP contribution in [0.3, 0.4) is 0 Å². The van der Waals surface area contributed by atoms with E-state index in [4.69, 9.17) is 4.74 Å². The van der Waals surface area contributed by atoms with Crippen molar-refractivity contribution < 1.29 is 19.0 Å². The number of nitrogens with zero attached hydrogens (tertiary/aromatic N) is 1. The van der Waals surface area contributed by atoms with Gasteiger partial charge in [-0.15, -0.1) is 0 Å². The molecule has 3 rings (SSSR count). The molecule has 0 radical (unpaired) electrons. The minimum absolute atomic E-state index is 0.0208. The molecule has 5 heteroatoms.